The summed E-state index contributed by atoms with van der Waals surface area (Å²) in [5.41, 5.74) is 9.92. The minimum atomic E-state index is -1.29. The normalized spacial score (nSPS) is 23.8. The summed E-state index contributed by atoms with van der Waals surface area (Å²) < 4.78 is 4.05. The van der Waals surface area contributed by atoms with Crippen molar-refractivity contribution in [1.82, 2.24) is 4.72 Å². The van der Waals surface area contributed by atoms with E-state index in [0.717, 1.165) is 37.9 Å². The summed E-state index contributed by atoms with van der Waals surface area (Å²) >= 11 is 0. The molecule has 1 atom stereocenters. The van der Waals surface area contributed by atoms with Crippen molar-refractivity contribution in [2.24, 2.45) is 10.7 Å². The van der Waals surface area contributed by atoms with E-state index < -0.39 is 10.2 Å². The molecule has 0 aliphatic heterocycles. The van der Waals surface area contributed by atoms with Gasteiger partial charge in [0.1, 0.15) is 0 Å². The van der Waals surface area contributed by atoms with Gasteiger partial charge < -0.3 is 5.73 Å². The largest absolute Gasteiger partial charge is 0.328 e. The topological polar surface area (TPSA) is 50.4 Å². The van der Waals surface area contributed by atoms with Gasteiger partial charge in [0.05, 0.1) is 5.03 Å². The van der Waals surface area contributed by atoms with Crippen molar-refractivity contribution in [1.29, 1.82) is 0 Å². The zero-order valence-electron chi connectivity index (χ0n) is 19.8. The molecule has 4 heteroatoms. The van der Waals surface area contributed by atoms with Crippen LogP contribution in [-0.4, -0.2) is 24.6 Å². The number of nitrogens with zero attached hydrogens (tertiary/aromatic N) is 1. The fraction of sp³-hybridized carbons (Fsp3) is 0.444. The molecule has 0 aromatic heterocycles. The predicted molar refractivity (Wildman–Crippen MR) is 143 cm³/mol. The number of benzene rings is 1. The van der Waals surface area contributed by atoms with Crippen molar-refractivity contribution in [3.05, 3.63) is 77.4 Å². The molecule has 0 spiro atoms. The van der Waals surface area contributed by atoms with Gasteiger partial charge >= 0.3 is 0 Å². The number of nitrogens with two attached hydrogens (primary N) is 1. The Balaban J connectivity index is 2.26. The summed E-state index contributed by atoms with van der Waals surface area (Å²) in [7, 11) is -1.29. The monoisotopic (exact) mass is 439 g/mol. The molecule has 0 amide bonds. The van der Waals surface area contributed by atoms with Gasteiger partial charge in [-0.05, 0) is 68.9 Å². The zero-order chi connectivity index (χ0) is 22.7. The number of allylic oxidation sites excluding steroid dienone is 6. The third-order valence-corrected chi connectivity index (χ3v) is 8.80. The maximum Gasteiger partial charge on any atom is 0.0864 e. The van der Waals surface area contributed by atoms with Crippen LogP contribution in [0, 0.1) is 0 Å². The zero-order valence-corrected chi connectivity index (χ0v) is 20.6. The van der Waals surface area contributed by atoms with Gasteiger partial charge in [-0.25, -0.2) is 0 Å². The van der Waals surface area contributed by atoms with E-state index in [4.69, 9.17) is 10.7 Å². The summed E-state index contributed by atoms with van der Waals surface area (Å²) in [5, 5.41) is 1.19. The van der Waals surface area contributed by atoms with E-state index >= 15 is 0 Å². The Bertz CT molecular complexity index is 811. The van der Waals surface area contributed by atoms with Crippen LogP contribution in [0.1, 0.15) is 64.0 Å². The van der Waals surface area contributed by atoms with E-state index in [-0.39, 0.29) is 0 Å². The molecule has 1 unspecified atom stereocenters. The Morgan fingerprint density at radius 1 is 1.16 bits per heavy atom. The van der Waals surface area contributed by atoms with E-state index in [2.05, 4.69) is 80.8 Å². The fourth-order valence-corrected chi connectivity index (χ4v) is 7.08. The number of nitrogens with one attached hydrogen (secondary N) is 1. The molecule has 1 aromatic carbocycles. The van der Waals surface area contributed by atoms with Gasteiger partial charge in [-0.15, -0.1) is 10.2 Å². The second-order valence-electron chi connectivity index (χ2n) is 8.34. The maximum atomic E-state index is 6.15. The summed E-state index contributed by atoms with van der Waals surface area (Å²) in [4.78, 5) is 4.86. The van der Waals surface area contributed by atoms with Crippen molar-refractivity contribution in [2.75, 3.05) is 6.26 Å². The summed E-state index contributed by atoms with van der Waals surface area (Å²) in [5.74, 6) is 0.976. The molecule has 1 fully saturated rings. The molecule has 0 heterocycles. The van der Waals surface area contributed by atoms with Crippen LogP contribution in [0.5, 0.6) is 0 Å². The van der Waals surface area contributed by atoms with Crippen LogP contribution in [0.25, 0.3) is 5.57 Å². The van der Waals surface area contributed by atoms with Crippen LogP contribution in [-0.2, 0) is 5.75 Å². The van der Waals surface area contributed by atoms with Crippen molar-refractivity contribution in [2.45, 2.75) is 70.7 Å². The van der Waals surface area contributed by atoms with E-state index in [9.17, 15) is 0 Å². The lowest BCUT2D eigenvalue weighted by molar-refractivity contribution is 0.379. The smallest absolute Gasteiger partial charge is 0.0864 e. The highest BCUT2D eigenvalue weighted by atomic mass is 32.3. The highest BCUT2D eigenvalue weighted by molar-refractivity contribution is 8.34. The summed E-state index contributed by atoms with van der Waals surface area (Å²) in [6, 6.07) is 9.86. The minimum absolute atomic E-state index is 0.363. The van der Waals surface area contributed by atoms with Gasteiger partial charge in [0.2, 0.25) is 0 Å². The number of hydrogen-bond donors (Lipinski definition) is 2. The first-order valence-corrected chi connectivity index (χ1v) is 13.7. The molecule has 0 saturated heterocycles. The van der Waals surface area contributed by atoms with Gasteiger partial charge in [-0.3, -0.25) is 9.71 Å². The molecule has 0 radical (unpaired) electrons. The molecular weight excluding hydrogens is 398 g/mol. The molecule has 1 saturated carbocycles. The Labute approximate surface area is 191 Å². The van der Waals surface area contributed by atoms with E-state index in [1.807, 2.05) is 18.4 Å². The third-order valence-electron chi connectivity index (χ3n) is 5.77. The van der Waals surface area contributed by atoms with Gasteiger partial charge in [0.25, 0.3) is 0 Å². The highest BCUT2D eigenvalue weighted by Crippen LogP contribution is 2.53. The minimum Gasteiger partial charge on any atom is -0.328 e. The van der Waals surface area contributed by atoms with Crippen LogP contribution < -0.4 is 10.5 Å². The first-order valence-electron chi connectivity index (χ1n) is 11.5. The second kappa shape index (κ2) is 12.8. The lowest BCUT2D eigenvalue weighted by Crippen LogP contribution is -2.39. The summed E-state index contributed by atoms with van der Waals surface area (Å²) in [6.45, 7) is 10.1. The molecule has 170 valence electrons. The molecule has 1 aromatic rings. The Kier molecular flexibility index (Phi) is 10.5. The van der Waals surface area contributed by atoms with Gasteiger partial charge in [0, 0.05) is 24.1 Å². The number of rotatable bonds is 10. The van der Waals surface area contributed by atoms with Gasteiger partial charge in [0.15, 0.2) is 0 Å². The average molecular weight is 440 g/mol. The van der Waals surface area contributed by atoms with E-state index in [1.54, 1.807) is 0 Å². The van der Waals surface area contributed by atoms with Crippen LogP contribution in [0.2, 0.25) is 0 Å². The second-order valence-corrected chi connectivity index (χ2v) is 11.5. The molecule has 2 rings (SSSR count). The van der Waals surface area contributed by atoms with Gasteiger partial charge in [-0.1, -0.05) is 68.1 Å². The van der Waals surface area contributed by atoms with Crippen LogP contribution in [0.3, 0.4) is 0 Å². The molecule has 1 aliphatic rings. The lowest BCUT2D eigenvalue weighted by atomic mass is 9.93. The quantitative estimate of drug-likeness (QED) is 0.308. The molecule has 3 nitrogen and oxygen atoms in total. The number of hydrogen-bond acceptors (Lipinski definition) is 3. The molecule has 0 bridgehead atoms. The predicted octanol–water partition coefficient (Wildman–Crippen LogP) is 6.88. The van der Waals surface area contributed by atoms with Crippen LogP contribution in [0.15, 0.2) is 71.2 Å². The number of aliphatic imine (C=N–C) groups is 1. The van der Waals surface area contributed by atoms with Crippen molar-refractivity contribution >= 4 is 22.0 Å². The highest BCUT2D eigenvalue weighted by Gasteiger charge is 2.28. The standard InChI is InChI=1S/C27H41N3S/c1-6-10-11-23(8-3)24-14-12-22(13-15-24)21-31(5,27(9-4)29-20-7-2)30-26-18-16-25(28)17-19-26/h6,8-15,20,25-26,30H,1,7,16-19,21,28H2,2-5H3/b11-10-,23-8+,27-9+,29-20-. The van der Waals surface area contributed by atoms with Crippen molar-refractivity contribution in [3.63, 3.8) is 0 Å². The average Bonchev–Trinajstić information content (AvgIpc) is 2.77. The molecular formula is C27H41N3S. The van der Waals surface area contributed by atoms with E-state index in [0.29, 0.717) is 12.1 Å². The Hall–Kier alpha value is -1.88. The third kappa shape index (κ3) is 7.64. The van der Waals surface area contributed by atoms with Crippen molar-refractivity contribution in [3.8, 4) is 0 Å². The Morgan fingerprint density at radius 3 is 2.39 bits per heavy atom. The first kappa shape index (κ1) is 25.4. The van der Waals surface area contributed by atoms with E-state index in [1.165, 1.54) is 21.7 Å². The van der Waals surface area contributed by atoms with Gasteiger partial charge in [-0.2, -0.15) is 0 Å². The van der Waals surface area contributed by atoms with Crippen molar-refractivity contribution < 1.29 is 0 Å². The lowest BCUT2D eigenvalue weighted by Gasteiger charge is -2.42. The molecule has 31 heavy (non-hydrogen) atoms. The van der Waals surface area contributed by atoms with Crippen LogP contribution >= 0.6 is 10.2 Å². The SMILES string of the molecule is C=C/C=C\C(=C/C)c1ccc(CS(C)(NC2CCC(N)CC2)C(=C/C)/N=C\CC)cc1. The first-order chi connectivity index (χ1) is 15.0. The molecule has 3 N–H and O–H groups in total. The maximum absolute atomic E-state index is 6.15. The Morgan fingerprint density at radius 2 is 1.84 bits per heavy atom. The summed E-state index contributed by atoms with van der Waals surface area (Å²) in [6.07, 6.45) is 20.1. The fourth-order valence-electron chi connectivity index (χ4n) is 4.07. The van der Waals surface area contributed by atoms with Crippen LogP contribution in [0.4, 0.5) is 0 Å². The molecule has 1 aliphatic carbocycles.